The summed E-state index contributed by atoms with van der Waals surface area (Å²) in [5, 5.41) is -0.188. The van der Waals surface area contributed by atoms with Crippen LogP contribution in [0.3, 0.4) is 0 Å². The maximum Gasteiger partial charge on any atom is 0.150 e. The SMILES string of the molecule is Cc1cccc(C(Cl)C2CCS(=O)(=O)C2)c1C. The Kier molecular flexibility index (Phi) is 3.50. The van der Waals surface area contributed by atoms with Gasteiger partial charge >= 0.3 is 0 Å². The molecule has 0 aliphatic carbocycles. The van der Waals surface area contributed by atoms with Crippen LogP contribution in [0.1, 0.15) is 28.5 Å². The molecule has 1 aromatic rings. The Labute approximate surface area is 108 Å². The second-order valence-electron chi connectivity index (χ2n) is 4.85. The van der Waals surface area contributed by atoms with Crippen LogP contribution in [-0.2, 0) is 9.84 Å². The summed E-state index contributed by atoms with van der Waals surface area (Å²) in [5.74, 6) is 0.572. The molecule has 1 saturated heterocycles. The van der Waals surface area contributed by atoms with E-state index in [1.54, 1.807) is 0 Å². The van der Waals surface area contributed by atoms with Gasteiger partial charge in [-0.25, -0.2) is 8.42 Å². The summed E-state index contributed by atoms with van der Waals surface area (Å²) in [7, 11) is -2.86. The van der Waals surface area contributed by atoms with Crippen LogP contribution < -0.4 is 0 Å². The number of hydrogen-bond acceptors (Lipinski definition) is 2. The molecule has 1 aliphatic heterocycles. The highest BCUT2D eigenvalue weighted by molar-refractivity contribution is 7.91. The van der Waals surface area contributed by atoms with Crippen LogP contribution in [0.25, 0.3) is 0 Å². The molecule has 17 heavy (non-hydrogen) atoms. The first-order valence-electron chi connectivity index (χ1n) is 5.81. The molecule has 2 unspecified atom stereocenters. The van der Waals surface area contributed by atoms with Crippen LogP contribution in [0, 0.1) is 19.8 Å². The Balaban J connectivity index is 2.26. The Morgan fingerprint density at radius 2 is 2.06 bits per heavy atom. The third kappa shape index (κ3) is 2.66. The van der Waals surface area contributed by atoms with Crippen LogP contribution in [0.4, 0.5) is 0 Å². The zero-order valence-corrected chi connectivity index (χ0v) is 11.7. The van der Waals surface area contributed by atoms with Crippen molar-refractivity contribution in [3.63, 3.8) is 0 Å². The third-order valence-electron chi connectivity index (χ3n) is 3.63. The molecule has 94 valence electrons. The molecule has 1 fully saturated rings. The Hall–Kier alpha value is -0.540. The van der Waals surface area contributed by atoms with Crippen LogP contribution >= 0.6 is 11.6 Å². The van der Waals surface area contributed by atoms with E-state index >= 15 is 0 Å². The van der Waals surface area contributed by atoms with Gasteiger partial charge in [-0.1, -0.05) is 18.2 Å². The van der Waals surface area contributed by atoms with Gasteiger partial charge in [0.05, 0.1) is 16.9 Å². The first kappa shape index (κ1) is 12.9. The number of halogens is 1. The minimum Gasteiger partial charge on any atom is -0.229 e. The van der Waals surface area contributed by atoms with Crippen molar-refractivity contribution in [2.45, 2.75) is 25.6 Å². The molecular formula is C13H17ClO2S. The van der Waals surface area contributed by atoms with Crippen LogP contribution in [-0.4, -0.2) is 19.9 Å². The Morgan fingerprint density at radius 3 is 2.65 bits per heavy atom. The fraction of sp³-hybridized carbons (Fsp3) is 0.538. The van der Waals surface area contributed by atoms with Crippen molar-refractivity contribution in [2.75, 3.05) is 11.5 Å². The third-order valence-corrected chi connectivity index (χ3v) is 6.01. The number of sulfone groups is 1. The number of aryl methyl sites for hydroxylation is 1. The lowest BCUT2D eigenvalue weighted by Gasteiger charge is -2.19. The normalized spacial score (nSPS) is 24.8. The minimum atomic E-state index is -2.86. The molecule has 0 aromatic heterocycles. The van der Waals surface area contributed by atoms with E-state index in [1.165, 1.54) is 11.1 Å². The lowest BCUT2D eigenvalue weighted by atomic mass is 9.93. The molecule has 2 rings (SSSR count). The predicted octanol–water partition coefficient (Wildman–Crippen LogP) is 3.02. The maximum atomic E-state index is 11.5. The number of rotatable bonds is 2. The summed E-state index contributed by atoms with van der Waals surface area (Å²) < 4.78 is 22.9. The van der Waals surface area contributed by atoms with Gasteiger partial charge in [0.25, 0.3) is 0 Å². The van der Waals surface area contributed by atoms with Gasteiger partial charge in [0.2, 0.25) is 0 Å². The van der Waals surface area contributed by atoms with Crippen LogP contribution in [0.2, 0.25) is 0 Å². The van der Waals surface area contributed by atoms with E-state index in [-0.39, 0.29) is 22.8 Å². The summed E-state index contributed by atoms with van der Waals surface area (Å²) in [6.45, 7) is 4.09. The molecule has 0 N–H and O–H groups in total. The number of alkyl halides is 1. The lowest BCUT2D eigenvalue weighted by molar-refractivity contribution is 0.567. The second-order valence-corrected chi connectivity index (χ2v) is 7.55. The molecule has 1 aliphatic rings. The first-order valence-corrected chi connectivity index (χ1v) is 8.07. The summed E-state index contributed by atoms with van der Waals surface area (Å²) in [5.41, 5.74) is 3.46. The molecule has 1 aromatic carbocycles. The van der Waals surface area contributed by atoms with Crippen molar-refractivity contribution >= 4 is 21.4 Å². The van der Waals surface area contributed by atoms with E-state index in [0.717, 1.165) is 5.56 Å². The van der Waals surface area contributed by atoms with Crippen molar-refractivity contribution in [3.05, 3.63) is 34.9 Å². The van der Waals surface area contributed by atoms with Gasteiger partial charge in [0, 0.05) is 0 Å². The van der Waals surface area contributed by atoms with E-state index in [0.29, 0.717) is 6.42 Å². The van der Waals surface area contributed by atoms with Gasteiger partial charge in [0.1, 0.15) is 0 Å². The predicted molar refractivity (Wildman–Crippen MR) is 71.3 cm³/mol. The number of benzene rings is 1. The molecule has 1 heterocycles. The highest BCUT2D eigenvalue weighted by Crippen LogP contribution is 2.38. The van der Waals surface area contributed by atoms with Gasteiger partial charge in [-0.15, -0.1) is 11.6 Å². The Bertz CT molecular complexity index is 522. The molecule has 2 nitrogen and oxygen atoms in total. The van der Waals surface area contributed by atoms with Gasteiger partial charge in [0.15, 0.2) is 9.84 Å². The average Bonchev–Trinajstić information content (AvgIpc) is 2.62. The van der Waals surface area contributed by atoms with E-state index in [2.05, 4.69) is 0 Å². The smallest absolute Gasteiger partial charge is 0.150 e. The summed E-state index contributed by atoms with van der Waals surface area (Å²) in [6.07, 6.45) is 0.684. The van der Waals surface area contributed by atoms with Crippen LogP contribution in [0.5, 0.6) is 0 Å². The molecule has 0 radical (unpaired) electrons. The molecule has 4 heteroatoms. The van der Waals surface area contributed by atoms with E-state index in [9.17, 15) is 8.42 Å². The Morgan fingerprint density at radius 1 is 1.35 bits per heavy atom. The fourth-order valence-electron chi connectivity index (χ4n) is 2.38. The minimum absolute atomic E-state index is 0.0576. The van der Waals surface area contributed by atoms with Crippen molar-refractivity contribution in [1.82, 2.24) is 0 Å². The van der Waals surface area contributed by atoms with Crippen molar-refractivity contribution in [1.29, 1.82) is 0 Å². The maximum absolute atomic E-state index is 11.5. The molecule has 0 bridgehead atoms. The summed E-state index contributed by atoms with van der Waals surface area (Å²) >= 11 is 6.45. The zero-order chi connectivity index (χ0) is 12.6. The van der Waals surface area contributed by atoms with Gasteiger partial charge in [-0.2, -0.15) is 0 Å². The van der Waals surface area contributed by atoms with E-state index in [1.807, 2.05) is 32.0 Å². The molecule has 0 saturated carbocycles. The summed E-state index contributed by atoms with van der Waals surface area (Å²) in [4.78, 5) is 0. The lowest BCUT2D eigenvalue weighted by Crippen LogP contribution is -2.11. The monoisotopic (exact) mass is 272 g/mol. The van der Waals surface area contributed by atoms with Gasteiger partial charge in [-0.05, 0) is 42.9 Å². The van der Waals surface area contributed by atoms with E-state index < -0.39 is 9.84 Å². The van der Waals surface area contributed by atoms with Crippen molar-refractivity contribution in [3.8, 4) is 0 Å². The average molecular weight is 273 g/mol. The number of hydrogen-bond donors (Lipinski definition) is 0. The highest BCUT2D eigenvalue weighted by atomic mass is 35.5. The highest BCUT2D eigenvalue weighted by Gasteiger charge is 2.34. The van der Waals surface area contributed by atoms with Crippen LogP contribution in [0.15, 0.2) is 18.2 Å². The standard InChI is InChI=1S/C13H17ClO2S/c1-9-4-3-5-12(10(9)2)13(14)11-6-7-17(15,16)8-11/h3-5,11,13H,6-8H2,1-2H3. The first-order chi connectivity index (χ1) is 7.91. The molecule has 0 spiro atoms. The molecule has 0 amide bonds. The fourth-order valence-corrected chi connectivity index (χ4v) is 4.78. The van der Waals surface area contributed by atoms with Gasteiger partial charge in [-0.3, -0.25) is 0 Å². The molecular weight excluding hydrogens is 256 g/mol. The quantitative estimate of drug-likeness (QED) is 0.776. The summed E-state index contributed by atoms with van der Waals surface area (Å²) in [6, 6.07) is 6.04. The van der Waals surface area contributed by atoms with Gasteiger partial charge < -0.3 is 0 Å². The van der Waals surface area contributed by atoms with Crippen molar-refractivity contribution < 1.29 is 8.42 Å². The largest absolute Gasteiger partial charge is 0.229 e. The van der Waals surface area contributed by atoms with Crippen molar-refractivity contribution in [2.24, 2.45) is 5.92 Å². The van der Waals surface area contributed by atoms with E-state index in [4.69, 9.17) is 11.6 Å². The second kappa shape index (κ2) is 4.62. The molecule has 2 atom stereocenters. The zero-order valence-electron chi connectivity index (χ0n) is 10.1. The topological polar surface area (TPSA) is 34.1 Å².